The van der Waals surface area contributed by atoms with Crippen LogP contribution in [0.2, 0.25) is 0 Å². The van der Waals surface area contributed by atoms with Gasteiger partial charge in [0.25, 0.3) is 0 Å². The molecule has 0 fully saturated rings. The molecule has 0 saturated heterocycles. The molecule has 0 rings (SSSR count). The van der Waals surface area contributed by atoms with Crippen LogP contribution < -0.4 is 0 Å². The van der Waals surface area contributed by atoms with Gasteiger partial charge in [0.1, 0.15) is 0 Å². The number of ether oxygens (including phenoxy) is 2. The van der Waals surface area contributed by atoms with Gasteiger partial charge in [-0.05, 0) is 96.7 Å². The zero-order valence-corrected chi connectivity index (χ0v) is 49.2. The Kier molecular flexibility index (Phi) is 53.4. The summed E-state index contributed by atoms with van der Waals surface area (Å²) in [4.78, 5) is 44.3. The van der Waals surface area contributed by atoms with E-state index in [0.717, 1.165) is 90.1 Å². The number of hydrogen-bond acceptors (Lipinski definition) is 6. The van der Waals surface area contributed by atoms with Crippen molar-refractivity contribution < 1.29 is 23.9 Å². The van der Waals surface area contributed by atoms with Crippen molar-refractivity contribution in [1.29, 1.82) is 0 Å². The van der Waals surface area contributed by atoms with Gasteiger partial charge >= 0.3 is 11.9 Å². The molecule has 0 radical (unpaired) electrons. The molecule has 0 aliphatic rings. The summed E-state index contributed by atoms with van der Waals surface area (Å²) in [5.74, 6) is 1.33. The maximum Gasteiger partial charge on any atom is 0.305 e. The van der Waals surface area contributed by atoms with Crippen LogP contribution in [-0.4, -0.2) is 74.1 Å². The van der Waals surface area contributed by atoms with Crippen molar-refractivity contribution in [2.45, 2.75) is 342 Å². The number of amides is 1. The van der Waals surface area contributed by atoms with Crippen LogP contribution in [0.4, 0.5) is 0 Å². The number of hydrogen-bond donors (Lipinski definition) is 0. The number of esters is 2. The van der Waals surface area contributed by atoms with Crippen LogP contribution in [0.3, 0.4) is 0 Å². The number of rotatable bonds is 57. The second-order valence-electron chi connectivity index (χ2n) is 22.8. The highest BCUT2D eigenvalue weighted by Crippen LogP contribution is 2.24. The standard InChI is InChI=1S/C64H126N2O5/c1-8-13-18-23-26-27-31-40-50-61(51-41-33-34-43-54-64(69)71-58-60(47-37-22-17-12-5)49-39-30-25-20-15-10-3)66(62(67)52-45-55-65(6)7)56-44-35-28-32-42-53-63(68)70-57-59(46-36-21-16-11-4)48-38-29-24-19-14-9-2/h59-61H,8-58H2,1-7H3. The molecule has 0 bridgehead atoms. The summed E-state index contributed by atoms with van der Waals surface area (Å²) in [5, 5.41) is 0. The molecule has 0 aromatic carbocycles. The lowest BCUT2D eigenvalue weighted by atomic mass is 9.95. The zero-order chi connectivity index (χ0) is 52.1. The van der Waals surface area contributed by atoms with Crippen molar-refractivity contribution in [3.8, 4) is 0 Å². The average molecular weight is 1000 g/mol. The molecule has 0 aliphatic carbocycles. The van der Waals surface area contributed by atoms with Gasteiger partial charge in [0, 0.05) is 31.8 Å². The molecular weight excluding hydrogens is 877 g/mol. The molecule has 0 spiro atoms. The zero-order valence-electron chi connectivity index (χ0n) is 49.2. The van der Waals surface area contributed by atoms with E-state index in [-0.39, 0.29) is 11.9 Å². The van der Waals surface area contributed by atoms with Gasteiger partial charge in [-0.2, -0.15) is 0 Å². The third kappa shape index (κ3) is 47.8. The first-order valence-corrected chi connectivity index (χ1v) is 32.0. The Morgan fingerprint density at radius 3 is 0.972 bits per heavy atom. The van der Waals surface area contributed by atoms with Gasteiger partial charge in [-0.1, -0.05) is 253 Å². The van der Waals surface area contributed by atoms with E-state index in [9.17, 15) is 14.4 Å². The molecule has 422 valence electrons. The van der Waals surface area contributed by atoms with Gasteiger partial charge in [0.05, 0.1) is 13.2 Å². The van der Waals surface area contributed by atoms with Gasteiger partial charge in [0.2, 0.25) is 5.91 Å². The van der Waals surface area contributed by atoms with Crippen LogP contribution in [-0.2, 0) is 23.9 Å². The molecule has 1 amide bonds. The molecule has 0 saturated carbocycles. The number of nitrogens with zero attached hydrogens (tertiary/aromatic N) is 2. The van der Waals surface area contributed by atoms with Crippen molar-refractivity contribution in [3.63, 3.8) is 0 Å². The van der Waals surface area contributed by atoms with Crippen LogP contribution in [0, 0.1) is 11.8 Å². The van der Waals surface area contributed by atoms with E-state index < -0.39 is 0 Å². The molecular formula is C64H126N2O5. The van der Waals surface area contributed by atoms with E-state index in [1.807, 2.05) is 0 Å². The molecule has 0 N–H and O–H groups in total. The average Bonchev–Trinajstić information content (AvgIpc) is 3.36. The van der Waals surface area contributed by atoms with Gasteiger partial charge < -0.3 is 19.3 Å². The molecule has 0 aliphatic heterocycles. The molecule has 7 heteroatoms. The first-order chi connectivity index (χ1) is 34.7. The molecule has 3 atom stereocenters. The summed E-state index contributed by atoms with van der Waals surface area (Å²) in [6.07, 6.45) is 55.2. The summed E-state index contributed by atoms with van der Waals surface area (Å²) in [6.45, 7) is 14.4. The van der Waals surface area contributed by atoms with Gasteiger partial charge in [-0.15, -0.1) is 0 Å². The fourth-order valence-electron chi connectivity index (χ4n) is 10.6. The summed E-state index contributed by atoms with van der Waals surface area (Å²) >= 11 is 0. The molecule has 0 aromatic heterocycles. The monoisotopic (exact) mass is 1000 g/mol. The van der Waals surface area contributed by atoms with E-state index in [4.69, 9.17) is 9.47 Å². The SMILES string of the molecule is CCCCCCCCCCC(CCCCCCC(=O)OCC(CCCCCC)CCCCCCCC)N(CCCCCCCC(=O)OCC(CCCCCC)CCCCCCCC)C(=O)CCCN(C)C. The summed E-state index contributed by atoms with van der Waals surface area (Å²) in [6, 6.07) is 0.291. The highest BCUT2D eigenvalue weighted by Gasteiger charge is 2.23. The number of carbonyl (C=O) groups excluding carboxylic acids is 3. The predicted molar refractivity (Wildman–Crippen MR) is 308 cm³/mol. The van der Waals surface area contributed by atoms with Crippen LogP contribution in [0.15, 0.2) is 0 Å². The Morgan fingerprint density at radius 1 is 0.324 bits per heavy atom. The Balaban J connectivity index is 5.22. The van der Waals surface area contributed by atoms with Crippen LogP contribution in [0.1, 0.15) is 336 Å². The van der Waals surface area contributed by atoms with E-state index in [2.05, 4.69) is 58.5 Å². The van der Waals surface area contributed by atoms with Crippen molar-refractivity contribution in [2.24, 2.45) is 11.8 Å². The van der Waals surface area contributed by atoms with E-state index in [0.29, 0.717) is 56.3 Å². The quantitative estimate of drug-likeness (QED) is 0.0446. The normalized spacial score (nSPS) is 12.9. The van der Waals surface area contributed by atoms with Gasteiger partial charge in [-0.25, -0.2) is 0 Å². The molecule has 0 heterocycles. The summed E-state index contributed by atoms with van der Waals surface area (Å²) in [5.41, 5.74) is 0. The van der Waals surface area contributed by atoms with Crippen molar-refractivity contribution in [3.05, 3.63) is 0 Å². The molecule has 71 heavy (non-hydrogen) atoms. The van der Waals surface area contributed by atoms with Crippen LogP contribution in [0.25, 0.3) is 0 Å². The molecule has 3 unspecified atom stereocenters. The minimum absolute atomic E-state index is 0.00998. The van der Waals surface area contributed by atoms with Crippen molar-refractivity contribution in [2.75, 3.05) is 40.4 Å². The highest BCUT2D eigenvalue weighted by molar-refractivity contribution is 5.76. The van der Waals surface area contributed by atoms with Crippen LogP contribution in [0.5, 0.6) is 0 Å². The number of unbranched alkanes of at least 4 members (excludes halogenated alkanes) is 30. The fraction of sp³-hybridized carbons (Fsp3) is 0.953. The smallest absolute Gasteiger partial charge is 0.305 e. The highest BCUT2D eigenvalue weighted by atomic mass is 16.5. The third-order valence-electron chi connectivity index (χ3n) is 15.4. The summed E-state index contributed by atoms with van der Waals surface area (Å²) < 4.78 is 11.8. The van der Waals surface area contributed by atoms with Crippen LogP contribution >= 0.6 is 0 Å². The fourth-order valence-corrected chi connectivity index (χ4v) is 10.6. The Hall–Kier alpha value is -1.63. The Labute approximate surface area is 444 Å². The minimum Gasteiger partial charge on any atom is -0.465 e. The molecule has 7 nitrogen and oxygen atoms in total. The Morgan fingerprint density at radius 2 is 0.620 bits per heavy atom. The lowest BCUT2D eigenvalue weighted by Gasteiger charge is -2.33. The topological polar surface area (TPSA) is 76.1 Å². The first kappa shape index (κ1) is 69.4. The van der Waals surface area contributed by atoms with Gasteiger partial charge in [0.15, 0.2) is 0 Å². The first-order valence-electron chi connectivity index (χ1n) is 32.0. The van der Waals surface area contributed by atoms with E-state index in [1.54, 1.807) is 0 Å². The maximum absolute atomic E-state index is 14.1. The molecule has 0 aromatic rings. The van der Waals surface area contributed by atoms with E-state index >= 15 is 0 Å². The minimum atomic E-state index is -0.0135. The number of carbonyl (C=O) groups is 3. The van der Waals surface area contributed by atoms with E-state index in [1.165, 1.54) is 205 Å². The second kappa shape index (κ2) is 54.6. The van der Waals surface area contributed by atoms with Gasteiger partial charge in [-0.3, -0.25) is 14.4 Å². The largest absolute Gasteiger partial charge is 0.465 e. The second-order valence-corrected chi connectivity index (χ2v) is 22.8. The van der Waals surface area contributed by atoms with Crippen molar-refractivity contribution in [1.82, 2.24) is 9.80 Å². The summed E-state index contributed by atoms with van der Waals surface area (Å²) in [7, 11) is 4.19. The maximum atomic E-state index is 14.1. The third-order valence-corrected chi connectivity index (χ3v) is 15.4. The van der Waals surface area contributed by atoms with Crippen molar-refractivity contribution >= 4 is 17.8 Å². The lowest BCUT2D eigenvalue weighted by molar-refractivity contribution is -0.146. The lowest BCUT2D eigenvalue weighted by Crippen LogP contribution is -2.41. The Bertz CT molecular complexity index is 1130. The predicted octanol–water partition coefficient (Wildman–Crippen LogP) is 19.5.